The van der Waals surface area contributed by atoms with E-state index in [1.54, 1.807) is 0 Å². The van der Waals surface area contributed by atoms with Crippen molar-refractivity contribution in [1.29, 1.82) is 0 Å². The Morgan fingerprint density at radius 1 is 1.18 bits per heavy atom. The summed E-state index contributed by atoms with van der Waals surface area (Å²) in [6.45, 7) is 11.4. The first-order valence-electron chi connectivity index (χ1n) is 6.48. The summed E-state index contributed by atoms with van der Waals surface area (Å²) in [6, 6.07) is 0. The van der Waals surface area contributed by atoms with Gasteiger partial charge in [0.05, 0.1) is 0 Å². The van der Waals surface area contributed by atoms with Gasteiger partial charge in [0.25, 0.3) is 0 Å². The first-order chi connectivity index (χ1) is 7.92. The predicted octanol–water partition coefficient (Wildman–Crippen LogP) is 2.35. The lowest BCUT2D eigenvalue weighted by Crippen LogP contribution is -2.37. The molecule has 0 radical (unpaired) electrons. The van der Waals surface area contributed by atoms with Crippen LogP contribution in [-0.4, -0.2) is 53.8 Å². The maximum Gasteiger partial charge on any atom is 0.223 e. The molecule has 1 heterocycles. The monoisotopic (exact) mass is 304 g/mol. The second-order valence-electron chi connectivity index (χ2n) is 6.00. The summed E-state index contributed by atoms with van der Waals surface area (Å²) in [7, 11) is 0. The van der Waals surface area contributed by atoms with Crippen LogP contribution < -0.4 is 0 Å². The molecule has 3 nitrogen and oxygen atoms in total. The number of rotatable bonds is 3. The van der Waals surface area contributed by atoms with Gasteiger partial charge < -0.3 is 9.80 Å². The van der Waals surface area contributed by atoms with Crippen LogP contribution in [0.15, 0.2) is 0 Å². The molecule has 1 amide bonds. The SMILES string of the molecule is CC(C)(C)CC(=O)N1CCCN(CCBr)CC1. The molecule has 4 heteroatoms. The lowest BCUT2D eigenvalue weighted by Gasteiger charge is -2.25. The second kappa shape index (κ2) is 6.74. The van der Waals surface area contributed by atoms with Crippen molar-refractivity contribution in [2.75, 3.05) is 38.1 Å². The molecule has 1 aliphatic rings. The van der Waals surface area contributed by atoms with Gasteiger partial charge in [-0.15, -0.1) is 0 Å². The fourth-order valence-corrected chi connectivity index (χ4v) is 2.63. The van der Waals surface area contributed by atoms with Gasteiger partial charge in [-0.3, -0.25) is 4.79 Å². The molecule has 17 heavy (non-hydrogen) atoms. The zero-order chi connectivity index (χ0) is 12.9. The molecule has 0 aromatic heterocycles. The minimum atomic E-state index is 0.0962. The van der Waals surface area contributed by atoms with Crippen LogP contribution in [0.5, 0.6) is 0 Å². The van der Waals surface area contributed by atoms with E-state index in [1.165, 1.54) is 0 Å². The highest BCUT2D eigenvalue weighted by Crippen LogP contribution is 2.20. The summed E-state index contributed by atoms with van der Waals surface area (Å²) in [4.78, 5) is 16.6. The third-order valence-corrected chi connectivity index (χ3v) is 3.38. The number of nitrogens with zero attached hydrogens (tertiary/aromatic N) is 2. The van der Waals surface area contributed by atoms with Gasteiger partial charge in [-0.2, -0.15) is 0 Å². The molecule has 1 aliphatic heterocycles. The number of carbonyl (C=O) groups excluding carboxylic acids is 1. The van der Waals surface area contributed by atoms with Crippen LogP contribution >= 0.6 is 15.9 Å². The highest BCUT2D eigenvalue weighted by Gasteiger charge is 2.23. The van der Waals surface area contributed by atoms with Crippen LogP contribution in [0.2, 0.25) is 0 Å². The van der Waals surface area contributed by atoms with Crippen LogP contribution in [0.4, 0.5) is 0 Å². The van der Waals surface area contributed by atoms with Gasteiger partial charge in [0.2, 0.25) is 5.91 Å². The molecule has 0 aliphatic carbocycles. The molecule has 1 saturated heterocycles. The quantitative estimate of drug-likeness (QED) is 0.747. The lowest BCUT2D eigenvalue weighted by molar-refractivity contribution is -0.132. The summed E-state index contributed by atoms with van der Waals surface area (Å²) in [6.07, 6.45) is 1.76. The Bertz CT molecular complexity index is 250. The molecular weight excluding hydrogens is 280 g/mol. The molecule has 0 aromatic carbocycles. The number of halogens is 1. The normalized spacial score (nSPS) is 19.2. The standard InChI is InChI=1S/C13H25BrN2O/c1-13(2,3)11-12(17)16-7-4-6-15(8-5-14)9-10-16/h4-11H2,1-3H3. The summed E-state index contributed by atoms with van der Waals surface area (Å²) in [5.74, 6) is 0.318. The summed E-state index contributed by atoms with van der Waals surface area (Å²) in [5, 5.41) is 1.02. The largest absolute Gasteiger partial charge is 0.341 e. The fourth-order valence-electron chi connectivity index (χ4n) is 2.13. The smallest absolute Gasteiger partial charge is 0.223 e. The maximum absolute atomic E-state index is 12.1. The van der Waals surface area contributed by atoms with Crippen molar-refractivity contribution in [3.05, 3.63) is 0 Å². The van der Waals surface area contributed by atoms with E-state index in [0.717, 1.165) is 44.5 Å². The number of alkyl halides is 1. The zero-order valence-corrected chi connectivity index (χ0v) is 12.9. The Labute approximate surface area is 114 Å². The third-order valence-electron chi connectivity index (χ3n) is 3.02. The molecule has 0 aromatic rings. The van der Waals surface area contributed by atoms with E-state index >= 15 is 0 Å². The van der Waals surface area contributed by atoms with Crippen molar-refractivity contribution >= 4 is 21.8 Å². The number of carbonyl (C=O) groups is 1. The molecule has 1 fully saturated rings. The Morgan fingerprint density at radius 3 is 2.47 bits per heavy atom. The zero-order valence-electron chi connectivity index (χ0n) is 11.3. The topological polar surface area (TPSA) is 23.6 Å². The lowest BCUT2D eigenvalue weighted by atomic mass is 9.91. The van der Waals surface area contributed by atoms with E-state index in [9.17, 15) is 4.79 Å². The maximum atomic E-state index is 12.1. The second-order valence-corrected chi connectivity index (χ2v) is 6.80. The van der Waals surface area contributed by atoms with Crippen molar-refractivity contribution < 1.29 is 4.79 Å². The summed E-state index contributed by atoms with van der Waals surface area (Å²) < 4.78 is 0. The molecule has 1 rings (SSSR count). The molecule has 0 spiro atoms. The Hall–Kier alpha value is -0.0900. The average Bonchev–Trinajstić information content (AvgIpc) is 2.41. The van der Waals surface area contributed by atoms with E-state index in [2.05, 4.69) is 41.6 Å². The van der Waals surface area contributed by atoms with E-state index in [0.29, 0.717) is 12.3 Å². The predicted molar refractivity (Wildman–Crippen MR) is 75.5 cm³/mol. The molecule has 100 valence electrons. The third kappa shape index (κ3) is 5.87. The molecule has 0 N–H and O–H groups in total. The van der Waals surface area contributed by atoms with Gasteiger partial charge in [0, 0.05) is 37.9 Å². The van der Waals surface area contributed by atoms with Crippen LogP contribution in [0.1, 0.15) is 33.6 Å². The summed E-state index contributed by atoms with van der Waals surface area (Å²) in [5.41, 5.74) is 0.0962. The van der Waals surface area contributed by atoms with E-state index in [1.807, 2.05) is 4.90 Å². The van der Waals surface area contributed by atoms with Crippen molar-refractivity contribution in [3.63, 3.8) is 0 Å². The van der Waals surface area contributed by atoms with E-state index in [4.69, 9.17) is 0 Å². The Balaban J connectivity index is 2.43. The van der Waals surface area contributed by atoms with Crippen LogP contribution in [0.25, 0.3) is 0 Å². The van der Waals surface area contributed by atoms with Crippen molar-refractivity contribution in [2.45, 2.75) is 33.6 Å². The van der Waals surface area contributed by atoms with Crippen LogP contribution in [0.3, 0.4) is 0 Å². The van der Waals surface area contributed by atoms with E-state index in [-0.39, 0.29) is 5.41 Å². The first kappa shape index (κ1) is 15.0. The molecule has 0 saturated carbocycles. The minimum absolute atomic E-state index is 0.0962. The Morgan fingerprint density at radius 2 is 1.88 bits per heavy atom. The minimum Gasteiger partial charge on any atom is -0.341 e. The molecule has 0 atom stereocenters. The first-order valence-corrected chi connectivity index (χ1v) is 7.60. The van der Waals surface area contributed by atoms with Gasteiger partial charge in [-0.1, -0.05) is 36.7 Å². The molecule has 0 bridgehead atoms. The van der Waals surface area contributed by atoms with Crippen molar-refractivity contribution in [2.24, 2.45) is 5.41 Å². The van der Waals surface area contributed by atoms with Crippen LogP contribution in [0, 0.1) is 5.41 Å². The van der Waals surface area contributed by atoms with Crippen molar-refractivity contribution in [3.8, 4) is 0 Å². The number of amides is 1. The van der Waals surface area contributed by atoms with Gasteiger partial charge >= 0.3 is 0 Å². The number of hydrogen-bond donors (Lipinski definition) is 0. The molecular formula is C13H25BrN2O. The fraction of sp³-hybridized carbons (Fsp3) is 0.923. The summed E-state index contributed by atoms with van der Waals surface area (Å²) >= 11 is 3.47. The highest BCUT2D eigenvalue weighted by molar-refractivity contribution is 9.09. The molecule has 0 unspecified atom stereocenters. The van der Waals surface area contributed by atoms with Crippen LogP contribution in [-0.2, 0) is 4.79 Å². The van der Waals surface area contributed by atoms with Crippen molar-refractivity contribution in [1.82, 2.24) is 9.80 Å². The average molecular weight is 305 g/mol. The van der Waals surface area contributed by atoms with Gasteiger partial charge in [0.1, 0.15) is 0 Å². The Kier molecular flexibility index (Phi) is 5.93. The van der Waals surface area contributed by atoms with E-state index < -0.39 is 0 Å². The van der Waals surface area contributed by atoms with Gasteiger partial charge in [-0.25, -0.2) is 0 Å². The highest BCUT2D eigenvalue weighted by atomic mass is 79.9. The van der Waals surface area contributed by atoms with Gasteiger partial charge in [-0.05, 0) is 18.4 Å². The number of hydrogen-bond acceptors (Lipinski definition) is 2. The van der Waals surface area contributed by atoms with Gasteiger partial charge in [0.15, 0.2) is 0 Å².